The number of aryl methyl sites for hydroxylation is 2. The lowest BCUT2D eigenvalue weighted by molar-refractivity contribution is 0.152. The van der Waals surface area contributed by atoms with Crippen LogP contribution in [0.4, 0.5) is 8.78 Å². The molecule has 1 aromatic carbocycles. The van der Waals surface area contributed by atoms with E-state index in [4.69, 9.17) is 4.52 Å². The summed E-state index contributed by atoms with van der Waals surface area (Å²) in [6.45, 7) is 8.56. The molecule has 2 aliphatic heterocycles. The van der Waals surface area contributed by atoms with Crippen LogP contribution in [-0.2, 0) is 13.1 Å². The molecule has 4 rings (SSSR count). The molecule has 0 radical (unpaired) electrons. The Labute approximate surface area is 146 Å². The van der Waals surface area contributed by atoms with E-state index >= 15 is 0 Å². The van der Waals surface area contributed by atoms with Gasteiger partial charge in [-0.1, -0.05) is 11.2 Å². The lowest BCUT2D eigenvalue weighted by atomic mass is 9.99. The number of hydrogen-bond donors (Lipinski definition) is 0. The Morgan fingerprint density at radius 2 is 1.96 bits per heavy atom. The maximum Gasteiger partial charge on any atom is 0.159 e. The summed E-state index contributed by atoms with van der Waals surface area (Å²) in [5, 5.41) is 4.04. The van der Waals surface area contributed by atoms with E-state index in [0.717, 1.165) is 43.2 Å². The van der Waals surface area contributed by atoms with E-state index in [9.17, 15) is 8.78 Å². The second-order valence-electron chi connectivity index (χ2n) is 7.43. The van der Waals surface area contributed by atoms with Crippen molar-refractivity contribution in [2.45, 2.75) is 39.4 Å². The van der Waals surface area contributed by atoms with Gasteiger partial charge in [-0.25, -0.2) is 8.78 Å². The van der Waals surface area contributed by atoms with Crippen molar-refractivity contribution in [2.75, 3.05) is 19.6 Å². The minimum atomic E-state index is -0.783. The molecule has 4 nitrogen and oxygen atoms in total. The lowest BCUT2D eigenvalue weighted by Crippen LogP contribution is -2.41. The van der Waals surface area contributed by atoms with Crippen molar-refractivity contribution in [3.63, 3.8) is 0 Å². The number of halogens is 2. The number of hydrogen-bond acceptors (Lipinski definition) is 4. The molecule has 2 unspecified atom stereocenters. The average molecular weight is 347 g/mol. The maximum absolute atomic E-state index is 13.5. The van der Waals surface area contributed by atoms with Crippen LogP contribution in [0.15, 0.2) is 22.7 Å². The van der Waals surface area contributed by atoms with E-state index in [1.807, 2.05) is 13.8 Å². The molecule has 2 aromatic rings. The number of rotatable bonds is 4. The summed E-state index contributed by atoms with van der Waals surface area (Å²) in [6, 6.07) is 4.69. The van der Waals surface area contributed by atoms with Gasteiger partial charge >= 0.3 is 0 Å². The van der Waals surface area contributed by atoms with Crippen LogP contribution in [0.1, 0.15) is 29.0 Å². The fourth-order valence-electron chi connectivity index (χ4n) is 4.30. The Kier molecular flexibility index (Phi) is 4.33. The molecule has 6 heteroatoms. The molecule has 2 atom stereocenters. The van der Waals surface area contributed by atoms with Gasteiger partial charge in [0.15, 0.2) is 11.6 Å². The van der Waals surface area contributed by atoms with Crippen LogP contribution in [0.2, 0.25) is 0 Å². The molecule has 3 heterocycles. The van der Waals surface area contributed by atoms with Crippen LogP contribution in [0.25, 0.3) is 0 Å². The van der Waals surface area contributed by atoms with Gasteiger partial charge in [-0.2, -0.15) is 0 Å². The highest BCUT2D eigenvalue weighted by molar-refractivity contribution is 5.21. The molecule has 0 spiro atoms. The first-order chi connectivity index (χ1) is 12.0. The first-order valence-electron chi connectivity index (χ1n) is 8.81. The molecule has 134 valence electrons. The van der Waals surface area contributed by atoms with Gasteiger partial charge in [0.2, 0.25) is 0 Å². The second kappa shape index (κ2) is 6.50. The summed E-state index contributed by atoms with van der Waals surface area (Å²) >= 11 is 0. The zero-order valence-corrected chi connectivity index (χ0v) is 14.6. The standard InChI is InChI=1S/C19H23F2N3O/c1-12-17(13(2)25-22-12)11-23-7-15-5-16(10-23)24(9-15)8-14-3-4-18(20)19(21)6-14/h3-4,6,15-16H,5,7-11H2,1-2H3. The Bertz CT molecular complexity index is 757. The third-order valence-electron chi connectivity index (χ3n) is 5.53. The van der Waals surface area contributed by atoms with Crippen LogP contribution in [-0.4, -0.2) is 40.6 Å². The number of aromatic nitrogens is 1. The summed E-state index contributed by atoms with van der Waals surface area (Å²) in [6.07, 6.45) is 1.18. The number of fused-ring (bicyclic) bond motifs is 2. The highest BCUT2D eigenvalue weighted by atomic mass is 19.2. The summed E-state index contributed by atoms with van der Waals surface area (Å²) in [7, 11) is 0. The highest BCUT2D eigenvalue weighted by Crippen LogP contribution is 2.32. The summed E-state index contributed by atoms with van der Waals surface area (Å²) in [5.41, 5.74) is 2.99. The van der Waals surface area contributed by atoms with Crippen molar-refractivity contribution < 1.29 is 13.3 Å². The predicted octanol–water partition coefficient (Wildman–Crippen LogP) is 3.28. The van der Waals surface area contributed by atoms with E-state index in [2.05, 4.69) is 15.0 Å². The summed E-state index contributed by atoms with van der Waals surface area (Å²) in [5.74, 6) is -0.0205. The second-order valence-corrected chi connectivity index (χ2v) is 7.43. The van der Waals surface area contributed by atoms with Gasteiger partial charge < -0.3 is 4.52 Å². The molecule has 1 aromatic heterocycles. The first-order valence-corrected chi connectivity index (χ1v) is 8.81. The van der Waals surface area contributed by atoms with Crippen molar-refractivity contribution in [2.24, 2.45) is 5.92 Å². The zero-order valence-electron chi connectivity index (χ0n) is 14.6. The third kappa shape index (κ3) is 3.33. The van der Waals surface area contributed by atoms with Gasteiger partial charge in [-0.05, 0) is 43.9 Å². The number of nitrogens with zero attached hydrogens (tertiary/aromatic N) is 3. The SMILES string of the molecule is Cc1noc(C)c1CN1CC2CC(C1)N(Cc1ccc(F)c(F)c1)C2. The van der Waals surface area contributed by atoms with Crippen molar-refractivity contribution in [1.82, 2.24) is 15.0 Å². The molecular formula is C19H23F2N3O. The molecule has 25 heavy (non-hydrogen) atoms. The van der Waals surface area contributed by atoms with E-state index in [1.165, 1.54) is 24.1 Å². The normalized spacial score (nSPS) is 24.2. The molecule has 0 aliphatic carbocycles. The van der Waals surface area contributed by atoms with Crippen LogP contribution >= 0.6 is 0 Å². The average Bonchev–Trinajstić information content (AvgIpc) is 3.04. The van der Waals surface area contributed by atoms with Gasteiger partial charge in [-0.3, -0.25) is 9.80 Å². The minimum absolute atomic E-state index is 0.465. The van der Waals surface area contributed by atoms with E-state index in [1.54, 1.807) is 6.07 Å². The van der Waals surface area contributed by atoms with Gasteiger partial charge in [0.1, 0.15) is 5.76 Å². The monoisotopic (exact) mass is 347 g/mol. The quantitative estimate of drug-likeness (QED) is 0.850. The van der Waals surface area contributed by atoms with Gasteiger partial charge in [0.05, 0.1) is 5.69 Å². The number of piperidine rings is 1. The number of benzene rings is 1. The molecule has 2 fully saturated rings. The largest absolute Gasteiger partial charge is 0.361 e. The molecule has 0 saturated carbocycles. The molecule has 2 aliphatic rings. The van der Waals surface area contributed by atoms with Crippen LogP contribution in [0.3, 0.4) is 0 Å². The third-order valence-corrected chi connectivity index (χ3v) is 5.53. The smallest absolute Gasteiger partial charge is 0.159 e. The van der Waals surface area contributed by atoms with E-state index in [-0.39, 0.29) is 0 Å². The molecule has 2 bridgehead atoms. The van der Waals surface area contributed by atoms with E-state index < -0.39 is 11.6 Å². The van der Waals surface area contributed by atoms with E-state index in [0.29, 0.717) is 18.5 Å². The lowest BCUT2D eigenvalue weighted by Gasteiger charge is -2.32. The Morgan fingerprint density at radius 1 is 1.12 bits per heavy atom. The first kappa shape index (κ1) is 16.7. The minimum Gasteiger partial charge on any atom is -0.361 e. The van der Waals surface area contributed by atoms with Gasteiger partial charge in [0.25, 0.3) is 0 Å². The highest BCUT2D eigenvalue weighted by Gasteiger charge is 2.38. The van der Waals surface area contributed by atoms with Gasteiger partial charge in [0, 0.05) is 44.3 Å². The van der Waals surface area contributed by atoms with Crippen LogP contribution in [0.5, 0.6) is 0 Å². The van der Waals surface area contributed by atoms with Gasteiger partial charge in [-0.15, -0.1) is 0 Å². The fraction of sp³-hybridized carbons (Fsp3) is 0.526. The molecular weight excluding hydrogens is 324 g/mol. The predicted molar refractivity (Wildman–Crippen MR) is 89.9 cm³/mol. The fourth-order valence-corrected chi connectivity index (χ4v) is 4.30. The van der Waals surface area contributed by atoms with Crippen LogP contribution < -0.4 is 0 Å². The van der Waals surface area contributed by atoms with Crippen molar-refractivity contribution in [3.05, 3.63) is 52.4 Å². The zero-order chi connectivity index (χ0) is 17.6. The summed E-state index contributed by atoms with van der Waals surface area (Å²) in [4.78, 5) is 4.88. The Hall–Kier alpha value is -1.79. The Balaban J connectivity index is 1.42. The maximum atomic E-state index is 13.5. The summed E-state index contributed by atoms with van der Waals surface area (Å²) < 4.78 is 31.8. The Morgan fingerprint density at radius 3 is 2.68 bits per heavy atom. The molecule has 0 amide bonds. The number of likely N-dealkylation sites (tertiary alicyclic amines) is 2. The van der Waals surface area contributed by atoms with Crippen molar-refractivity contribution in [1.29, 1.82) is 0 Å². The van der Waals surface area contributed by atoms with Crippen LogP contribution in [0, 0.1) is 31.4 Å². The van der Waals surface area contributed by atoms with Crippen molar-refractivity contribution >= 4 is 0 Å². The topological polar surface area (TPSA) is 32.5 Å². The molecule has 2 saturated heterocycles. The molecule has 0 N–H and O–H groups in total. The van der Waals surface area contributed by atoms with Crippen molar-refractivity contribution in [3.8, 4) is 0 Å².